The Labute approximate surface area is 109 Å². The zero-order valence-electron chi connectivity index (χ0n) is 11.4. The number of nitrogens with zero attached hydrogens (tertiary/aromatic N) is 1. The number of nitrogens with one attached hydrogen (secondary N) is 1. The van der Waals surface area contributed by atoms with E-state index in [4.69, 9.17) is 0 Å². The maximum atomic E-state index is 4.48. The maximum Gasteiger partial charge on any atom is 0.109 e. The summed E-state index contributed by atoms with van der Waals surface area (Å²) < 4.78 is 0. The molecule has 0 aliphatic heterocycles. The van der Waals surface area contributed by atoms with Crippen molar-refractivity contribution in [1.29, 1.82) is 0 Å². The molecule has 2 rings (SSSR count). The van der Waals surface area contributed by atoms with E-state index in [2.05, 4.69) is 38.0 Å². The smallest absolute Gasteiger partial charge is 0.109 e. The predicted octanol–water partition coefficient (Wildman–Crippen LogP) is 3.93. The third kappa shape index (κ3) is 3.29. The van der Waals surface area contributed by atoms with Crippen LogP contribution in [0.25, 0.3) is 0 Å². The highest BCUT2D eigenvalue weighted by Gasteiger charge is 2.27. The number of rotatable bonds is 3. The third-order valence-electron chi connectivity index (χ3n) is 3.93. The van der Waals surface area contributed by atoms with E-state index in [0.717, 1.165) is 11.8 Å². The van der Waals surface area contributed by atoms with Crippen LogP contribution in [0.4, 0.5) is 0 Å². The summed E-state index contributed by atoms with van der Waals surface area (Å²) in [6.07, 6.45) is 6.05. The van der Waals surface area contributed by atoms with Crippen LogP contribution in [-0.4, -0.2) is 11.0 Å². The van der Waals surface area contributed by atoms with Crippen molar-refractivity contribution in [3.8, 4) is 0 Å². The van der Waals surface area contributed by atoms with E-state index in [1.807, 2.05) is 17.5 Å². The van der Waals surface area contributed by atoms with Gasteiger partial charge in [0.05, 0.1) is 6.04 Å². The van der Waals surface area contributed by atoms with Crippen molar-refractivity contribution in [1.82, 2.24) is 10.3 Å². The molecule has 96 valence electrons. The molecule has 0 aromatic carbocycles. The van der Waals surface area contributed by atoms with Crippen molar-refractivity contribution in [2.24, 2.45) is 11.8 Å². The Morgan fingerprint density at radius 2 is 2.18 bits per heavy atom. The highest BCUT2D eigenvalue weighted by atomic mass is 32.1. The van der Waals surface area contributed by atoms with Crippen molar-refractivity contribution >= 4 is 11.3 Å². The summed E-state index contributed by atoms with van der Waals surface area (Å²) in [7, 11) is 0. The average Bonchev–Trinajstić information content (AvgIpc) is 2.70. The second kappa shape index (κ2) is 5.49. The van der Waals surface area contributed by atoms with Crippen LogP contribution in [0.3, 0.4) is 0 Å². The number of hydrogen-bond donors (Lipinski definition) is 1. The van der Waals surface area contributed by atoms with Crippen LogP contribution in [0.15, 0.2) is 6.20 Å². The fourth-order valence-corrected chi connectivity index (χ4v) is 3.51. The lowest BCUT2D eigenvalue weighted by Gasteiger charge is -2.35. The zero-order chi connectivity index (χ0) is 12.4. The minimum atomic E-state index is 0.395. The molecule has 3 heteroatoms. The molecule has 1 saturated carbocycles. The largest absolute Gasteiger partial charge is 0.305 e. The van der Waals surface area contributed by atoms with Gasteiger partial charge in [-0.15, -0.1) is 11.3 Å². The topological polar surface area (TPSA) is 24.9 Å². The first kappa shape index (κ1) is 13.0. The molecule has 0 amide bonds. The Morgan fingerprint density at radius 3 is 2.82 bits per heavy atom. The van der Waals surface area contributed by atoms with Gasteiger partial charge in [-0.25, -0.2) is 4.98 Å². The molecule has 1 aromatic rings. The second-order valence-corrected chi connectivity index (χ2v) is 6.97. The normalized spacial score (nSPS) is 31.4. The van der Waals surface area contributed by atoms with Gasteiger partial charge in [0, 0.05) is 17.1 Å². The molecule has 0 saturated heterocycles. The zero-order valence-corrected chi connectivity index (χ0v) is 12.2. The lowest BCUT2D eigenvalue weighted by molar-refractivity contribution is 0.216. The lowest BCUT2D eigenvalue weighted by atomic mass is 9.80. The molecular weight excluding hydrogens is 228 g/mol. The molecule has 17 heavy (non-hydrogen) atoms. The van der Waals surface area contributed by atoms with Crippen molar-refractivity contribution in [2.45, 2.75) is 59.0 Å². The van der Waals surface area contributed by atoms with E-state index in [1.165, 1.54) is 29.1 Å². The first-order valence-corrected chi connectivity index (χ1v) is 7.56. The molecule has 1 N–H and O–H groups in total. The Hall–Kier alpha value is -0.410. The molecule has 1 heterocycles. The van der Waals surface area contributed by atoms with Gasteiger partial charge in [-0.05, 0) is 38.5 Å². The molecule has 1 aliphatic rings. The Morgan fingerprint density at radius 1 is 1.41 bits per heavy atom. The van der Waals surface area contributed by atoms with Crippen LogP contribution in [0.1, 0.15) is 56.0 Å². The van der Waals surface area contributed by atoms with Crippen LogP contribution >= 0.6 is 11.3 Å². The van der Waals surface area contributed by atoms with Gasteiger partial charge in [0.15, 0.2) is 0 Å². The standard InChI is InChI=1S/C14H24N2S/c1-9-5-6-10(2)13(7-9)16-12(4)14-15-8-11(3)17-14/h8-10,12-13,16H,5-7H2,1-4H3. The highest BCUT2D eigenvalue weighted by molar-refractivity contribution is 7.11. The van der Waals surface area contributed by atoms with Crippen LogP contribution in [-0.2, 0) is 0 Å². The summed E-state index contributed by atoms with van der Waals surface area (Å²) in [5, 5.41) is 5.01. The number of thiazole rings is 1. The van der Waals surface area contributed by atoms with Gasteiger partial charge in [0.1, 0.15) is 5.01 Å². The summed E-state index contributed by atoms with van der Waals surface area (Å²) in [5.74, 6) is 1.67. The van der Waals surface area contributed by atoms with Gasteiger partial charge in [-0.2, -0.15) is 0 Å². The fourth-order valence-electron chi connectivity index (χ4n) is 2.73. The Bertz CT molecular complexity index is 361. The van der Waals surface area contributed by atoms with Crippen LogP contribution < -0.4 is 5.32 Å². The van der Waals surface area contributed by atoms with Gasteiger partial charge in [0.25, 0.3) is 0 Å². The quantitative estimate of drug-likeness (QED) is 0.881. The fraction of sp³-hybridized carbons (Fsp3) is 0.786. The van der Waals surface area contributed by atoms with E-state index in [0.29, 0.717) is 12.1 Å². The maximum absolute atomic E-state index is 4.48. The summed E-state index contributed by atoms with van der Waals surface area (Å²) in [5.41, 5.74) is 0. The van der Waals surface area contributed by atoms with Crippen molar-refractivity contribution < 1.29 is 0 Å². The molecule has 1 fully saturated rings. The molecule has 2 nitrogen and oxygen atoms in total. The van der Waals surface area contributed by atoms with Crippen molar-refractivity contribution in [3.63, 3.8) is 0 Å². The Balaban J connectivity index is 1.95. The van der Waals surface area contributed by atoms with Gasteiger partial charge < -0.3 is 5.32 Å². The monoisotopic (exact) mass is 252 g/mol. The second-order valence-electron chi connectivity index (χ2n) is 5.70. The van der Waals surface area contributed by atoms with Crippen LogP contribution in [0, 0.1) is 18.8 Å². The molecule has 1 aromatic heterocycles. The number of aryl methyl sites for hydroxylation is 1. The summed E-state index contributed by atoms with van der Waals surface area (Å²) in [6.45, 7) is 9.12. The minimum absolute atomic E-state index is 0.395. The van der Waals surface area contributed by atoms with Gasteiger partial charge >= 0.3 is 0 Å². The molecule has 0 bridgehead atoms. The molecule has 4 unspecified atom stereocenters. The number of aromatic nitrogens is 1. The first-order valence-electron chi connectivity index (χ1n) is 6.74. The van der Waals surface area contributed by atoms with Crippen molar-refractivity contribution in [2.75, 3.05) is 0 Å². The molecule has 4 atom stereocenters. The molecule has 0 spiro atoms. The summed E-state index contributed by atoms with van der Waals surface area (Å²) in [6, 6.07) is 1.06. The highest BCUT2D eigenvalue weighted by Crippen LogP contribution is 2.30. The first-order chi connectivity index (χ1) is 8.06. The van der Waals surface area contributed by atoms with E-state index in [-0.39, 0.29) is 0 Å². The van der Waals surface area contributed by atoms with Gasteiger partial charge in [-0.3, -0.25) is 0 Å². The molecule has 0 radical (unpaired) electrons. The minimum Gasteiger partial charge on any atom is -0.305 e. The van der Waals surface area contributed by atoms with Crippen molar-refractivity contribution in [3.05, 3.63) is 16.1 Å². The van der Waals surface area contributed by atoms with Crippen LogP contribution in [0.2, 0.25) is 0 Å². The van der Waals surface area contributed by atoms with E-state index in [1.54, 1.807) is 0 Å². The van der Waals surface area contributed by atoms with Gasteiger partial charge in [0.2, 0.25) is 0 Å². The summed E-state index contributed by atoms with van der Waals surface area (Å²) >= 11 is 1.81. The Kier molecular flexibility index (Phi) is 4.21. The van der Waals surface area contributed by atoms with Gasteiger partial charge in [-0.1, -0.05) is 20.3 Å². The third-order valence-corrected chi connectivity index (χ3v) is 5.03. The molecular formula is C14H24N2S. The number of hydrogen-bond acceptors (Lipinski definition) is 3. The van der Waals surface area contributed by atoms with Crippen LogP contribution in [0.5, 0.6) is 0 Å². The van der Waals surface area contributed by atoms with E-state index < -0.39 is 0 Å². The SMILES string of the molecule is Cc1cnc(C(C)NC2CC(C)CCC2C)s1. The summed E-state index contributed by atoms with van der Waals surface area (Å²) in [4.78, 5) is 5.79. The predicted molar refractivity (Wildman–Crippen MR) is 74.4 cm³/mol. The van der Waals surface area contributed by atoms with E-state index >= 15 is 0 Å². The molecule has 1 aliphatic carbocycles. The van der Waals surface area contributed by atoms with E-state index in [9.17, 15) is 0 Å². The average molecular weight is 252 g/mol. The lowest BCUT2D eigenvalue weighted by Crippen LogP contribution is -2.40.